The molecule has 1 aromatic heterocycles. The number of likely N-dealkylation sites (tertiary alicyclic amines) is 1. The number of rotatable bonds is 10. The van der Waals surface area contributed by atoms with E-state index in [2.05, 4.69) is 84.9 Å². The quantitative estimate of drug-likeness (QED) is 0.112. The van der Waals surface area contributed by atoms with Crippen LogP contribution in [-0.4, -0.2) is 53.1 Å². The van der Waals surface area contributed by atoms with Crippen LogP contribution in [0, 0.1) is 0 Å². The van der Waals surface area contributed by atoms with Crippen molar-refractivity contribution >= 4 is 50.2 Å². The lowest BCUT2D eigenvalue weighted by molar-refractivity contribution is -0.0359. The van der Waals surface area contributed by atoms with Gasteiger partial charge in [0.15, 0.2) is 4.34 Å². The molecular weight excluding hydrogens is 601 g/mol. The Bertz CT molecular complexity index is 1700. The highest BCUT2D eigenvalue weighted by Crippen LogP contribution is 2.33. The summed E-state index contributed by atoms with van der Waals surface area (Å²) in [5, 5.41) is 2.40. The summed E-state index contributed by atoms with van der Waals surface area (Å²) >= 11 is 3.53. The number of carbonyl (C=O) groups excluding carboxylic acids is 1. The van der Waals surface area contributed by atoms with Gasteiger partial charge in [-0.15, -0.1) is 11.3 Å². The number of hydrogen-bond acceptors (Lipinski definition) is 7. The summed E-state index contributed by atoms with van der Waals surface area (Å²) in [4.78, 5) is 19.5. The van der Waals surface area contributed by atoms with E-state index < -0.39 is 5.60 Å². The molecule has 8 heteroatoms. The van der Waals surface area contributed by atoms with E-state index in [1.165, 1.54) is 21.0 Å². The number of amides is 1. The lowest BCUT2D eigenvalue weighted by Crippen LogP contribution is -2.48. The molecule has 1 amide bonds. The summed E-state index contributed by atoms with van der Waals surface area (Å²) in [5.41, 5.74) is 2.84. The van der Waals surface area contributed by atoms with E-state index in [0.717, 1.165) is 39.8 Å². The van der Waals surface area contributed by atoms with Crippen LogP contribution in [-0.2, 0) is 16.1 Å². The van der Waals surface area contributed by atoms with Crippen LogP contribution in [0.15, 0.2) is 95.3 Å². The number of nitrogens with zero attached hydrogens (tertiary/aromatic N) is 2. The highest BCUT2D eigenvalue weighted by molar-refractivity contribution is 8.01. The van der Waals surface area contributed by atoms with E-state index in [0.29, 0.717) is 26.3 Å². The van der Waals surface area contributed by atoms with Crippen LogP contribution in [0.25, 0.3) is 21.0 Å². The van der Waals surface area contributed by atoms with E-state index >= 15 is 0 Å². The zero-order chi connectivity index (χ0) is 31.2. The van der Waals surface area contributed by atoms with Crippen LogP contribution in [0.2, 0.25) is 0 Å². The molecular formula is C37H40N2O4S2. The summed E-state index contributed by atoms with van der Waals surface area (Å²) in [6.07, 6.45) is 1.29. The second-order valence-electron chi connectivity index (χ2n) is 12.4. The average molecular weight is 641 g/mol. The highest BCUT2D eigenvalue weighted by Gasteiger charge is 2.35. The molecule has 0 aliphatic carbocycles. The molecule has 2 atom stereocenters. The molecule has 0 saturated carbocycles. The molecule has 5 aromatic rings. The summed E-state index contributed by atoms with van der Waals surface area (Å²) in [6, 6.07) is 31.4. The number of thiazole rings is 1. The van der Waals surface area contributed by atoms with Gasteiger partial charge in [-0.05, 0) is 85.8 Å². The fourth-order valence-corrected chi connectivity index (χ4v) is 7.68. The van der Waals surface area contributed by atoms with Gasteiger partial charge in [-0.25, -0.2) is 9.78 Å². The standard InChI is InChI=1S/C37H40N2O4S2/c1-37(2,3)43-36(40)39-20-19-31(33(24-39)42-25-26-13-14-27-9-4-5-10-29(27)23-26)28-15-17-30(18-16-28)41-21-8-22-44-35-38-32-11-6-7-12-34(32)45-35/h4-7,9-18,23,31,33H,8,19-22,24-25H2,1-3H3. The van der Waals surface area contributed by atoms with E-state index in [1.807, 2.05) is 26.8 Å². The average Bonchev–Trinajstić information content (AvgIpc) is 3.46. The third-order valence-electron chi connectivity index (χ3n) is 7.85. The number of fused-ring (bicyclic) bond motifs is 2. The van der Waals surface area contributed by atoms with Crippen molar-refractivity contribution in [2.75, 3.05) is 25.4 Å². The first-order valence-electron chi connectivity index (χ1n) is 15.6. The molecule has 234 valence electrons. The third kappa shape index (κ3) is 8.37. The Morgan fingerprint density at radius 3 is 2.56 bits per heavy atom. The monoisotopic (exact) mass is 640 g/mol. The maximum atomic E-state index is 13.0. The summed E-state index contributed by atoms with van der Waals surface area (Å²) in [6.45, 7) is 7.94. The predicted molar refractivity (Wildman–Crippen MR) is 185 cm³/mol. The van der Waals surface area contributed by atoms with Crippen LogP contribution in [0.1, 0.15) is 50.7 Å². The minimum atomic E-state index is -0.542. The van der Waals surface area contributed by atoms with Gasteiger partial charge in [-0.1, -0.05) is 72.4 Å². The lowest BCUT2D eigenvalue weighted by Gasteiger charge is -2.39. The number of thioether (sulfide) groups is 1. The Hall–Kier alpha value is -3.59. The maximum Gasteiger partial charge on any atom is 0.410 e. The first-order valence-corrected chi connectivity index (χ1v) is 17.4. The molecule has 1 aliphatic heterocycles. The van der Waals surface area contributed by atoms with Gasteiger partial charge in [0.25, 0.3) is 0 Å². The fraction of sp³-hybridized carbons (Fsp3) is 0.351. The third-order valence-corrected chi connectivity index (χ3v) is 10.1. The van der Waals surface area contributed by atoms with Crippen molar-refractivity contribution in [2.45, 2.75) is 62.2 Å². The van der Waals surface area contributed by atoms with Crippen LogP contribution in [0.4, 0.5) is 4.79 Å². The molecule has 2 heterocycles. The van der Waals surface area contributed by atoms with Gasteiger partial charge in [0.05, 0.1) is 36.1 Å². The number of para-hydroxylation sites is 1. The minimum Gasteiger partial charge on any atom is -0.494 e. The van der Waals surface area contributed by atoms with E-state index in [4.69, 9.17) is 19.2 Å². The molecule has 2 unspecified atom stereocenters. The normalized spacial score (nSPS) is 17.1. The van der Waals surface area contributed by atoms with Gasteiger partial charge in [0, 0.05) is 18.2 Å². The number of ether oxygens (including phenoxy) is 3. The molecule has 4 aromatic carbocycles. The topological polar surface area (TPSA) is 60.9 Å². The number of hydrogen-bond donors (Lipinski definition) is 0. The number of piperidine rings is 1. The molecule has 0 radical (unpaired) electrons. The Morgan fingerprint density at radius 1 is 0.978 bits per heavy atom. The second kappa shape index (κ2) is 14.2. The summed E-state index contributed by atoms with van der Waals surface area (Å²) in [5.74, 6) is 1.98. The van der Waals surface area contributed by atoms with Gasteiger partial charge in [0.2, 0.25) is 0 Å². The molecule has 0 bridgehead atoms. The first-order chi connectivity index (χ1) is 21.8. The van der Waals surface area contributed by atoms with E-state index in [1.54, 1.807) is 28.0 Å². The lowest BCUT2D eigenvalue weighted by atomic mass is 9.87. The second-order valence-corrected chi connectivity index (χ2v) is 14.8. The number of carbonyl (C=O) groups is 1. The van der Waals surface area contributed by atoms with E-state index in [-0.39, 0.29) is 18.1 Å². The Labute approximate surface area is 273 Å². The molecule has 1 aliphatic rings. The van der Waals surface area contributed by atoms with Gasteiger partial charge < -0.3 is 19.1 Å². The highest BCUT2D eigenvalue weighted by atomic mass is 32.2. The maximum absolute atomic E-state index is 13.0. The van der Waals surface area contributed by atoms with E-state index in [9.17, 15) is 4.79 Å². The van der Waals surface area contributed by atoms with Crippen molar-refractivity contribution in [3.05, 3.63) is 102 Å². The van der Waals surface area contributed by atoms with Crippen molar-refractivity contribution in [3.8, 4) is 5.75 Å². The van der Waals surface area contributed by atoms with Crippen molar-refractivity contribution in [2.24, 2.45) is 0 Å². The van der Waals surface area contributed by atoms with Crippen molar-refractivity contribution < 1.29 is 19.0 Å². The number of aromatic nitrogens is 1. The molecule has 6 nitrogen and oxygen atoms in total. The van der Waals surface area contributed by atoms with Crippen LogP contribution < -0.4 is 4.74 Å². The first kappa shape index (κ1) is 31.4. The number of benzene rings is 4. The van der Waals surface area contributed by atoms with Crippen molar-refractivity contribution in [3.63, 3.8) is 0 Å². The summed E-state index contributed by atoms with van der Waals surface area (Å²) < 4.78 is 20.7. The zero-order valence-corrected chi connectivity index (χ0v) is 27.7. The largest absolute Gasteiger partial charge is 0.494 e. The Kier molecular flexibility index (Phi) is 9.93. The fourth-order valence-electron chi connectivity index (χ4n) is 5.62. The molecule has 45 heavy (non-hydrogen) atoms. The Morgan fingerprint density at radius 2 is 1.76 bits per heavy atom. The van der Waals surface area contributed by atoms with Gasteiger partial charge >= 0.3 is 6.09 Å². The van der Waals surface area contributed by atoms with Gasteiger partial charge in [-0.3, -0.25) is 0 Å². The molecule has 0 N–H and O–H groups in total. The minimum absolute atomic E-state index is 0.156. The molecule has 6 rings (SSSR count). The van der Waals surface area contributed by atoms with Gasteiger partial charge in [-0.2, -0.15) is 0 Å². The van der Waals surface area contributed by atoms with Crippen LogP contribution >= 0.6 is 23.1 Å². The molecule has 0 spiro atoms. The zero-order valence-electron chi connectivity index (χ0n) is 26.1. The SMILES string of the molecule is CC(C)(C)OC(=O)N1CCC(c2ccc(OCCCSc3nc4ccccc4s3)cc2)C(OCc2ccc3ccccc3c2)C1. The Balaban J connectivity index is 1.06. The smallest absolute Gasteiger partial charge is 0.410 e. The van der Waals surface area contributed by atoms with Crippen molar-refractivity contribution in [1.82, 2.24) is 9.88 Å². The summed E-state index contributed by atoms with van der Waals surface area (Å²) in [7, 11) is 0. The van der Waals surface area contributed by atoms with Crippen molar-refractivity contribution in [1.29, 1.82) is 0 Å². The predicted octanol–water partition coefficient (Wildman–Crippen LogP) is 9.32. The molecule has 1 fully saturated rings. The van der Waals surface area contributed by atoms with Crippen LogP contribution in [0.5, 0.6) is 5.75 Å². The van der Waals surface area contributed by atoms with Gasteiger partial charge in [0.1, 0.15) is 11.4 Å². The molecule has 1 saturated heterocycles. The van der Waals surface area contributed by atoms with Crippen LogP contribution in [0.3, 0.4) is 0 Å².